The summed E-state index contributed by atoms with van der Waals surface area (Å²) in [6.45, 7) is 6.60. The van der Waals surface area contributed by atoms with E-state index in [1.54, 1.807) is 0 Å². The fraction of sp³-hybridized carbons (Fsp3) is 0.682. The molecule has 4 heteroatoms. The molecule has 0 spiro atoms. The summed E-state index contributed by atoms with van der Waals surface area (Å²) in [5.74, 6) is 0.502. The Kier molecular flexibility index (Phi) is 6.36. The first kappa shape index (κ1) is 19.4. The molecule has 2 aliphatic carbocycles. The minimum absolute atomic E-state index is 0.203. The summed E-state index contributed by atoms with van der Waals surface area (Å²) < 4.78 is 5.30. The second-order valence-corrected chi connectivity index (χ2v) is 8.92. The van der Waals surface area contributed by atoms with E-state index < -0.39 is 5.60 Å². The van der Waals surface area contributed by atoms with Gasteiger partial charge in [0.15, 0.2) is 0 Å². The van der Waals surface area contributed by atoms with Gasteiger partial charge in [0.2, 0.25) is 0 Å². The zero-order valence-corrected chi connectivity index (χ0v) is 16.5. The lowest BCUT2D eigenvalue weighted by molar-refractivity contribution is -0.153. The van der Waals surface area contributed by atoms with E-state index in [4.69, 9.17) is 4.74 Å². The summed E-state index contributed by atoms with van der Waals surface area (Å²) in [5, 5.41) is 6.94. The van der Waals surface area contributed by atoms with Crippen molar-refractivity contribution in [3.8, 4) is 0 Å². The average molecular weight is 359 g/mol. The number of carbonyl (C=O) groups is 1. The smallest absolute Gasteiger partial charge is 0.320 e. The molecule has 26 heavy (non-hydrogen) atoms. The highest BCUT2D eigenvalue weighted by Gasteiger charge is 2.28. The Morgan fingerprint density at radius 2 is 1.58 bits per heavy atom. The Morgan fingerprint density at radius 1 is 1.00 bits per heavy atom. The van der Waals surface area contributed by atoms with E-state index in [1.165, 1.54) is 49.7 Å². The topological polar surface area (TPSA) is 50.4 Å². The average Bonchev–Trinajstić information content (AvgIpc) is 3.39. The van der Waals surface area contributed by atoms with Crippen LogP contribution in [0.25, 0.3) is 0 Å². The Balaban J connectivity index is 1.39. The van der Waals surface area contributed by atoms with E-state index in [0.29, 0.717) is 12.5 Å². The van der Waals surface area contributed by atoms with Crippen LogP contribution in [-0.2, 0) is 16.1 Å². The third-order valence-electron chi connectivity index (χ3n) is 5.25. The van der Waals surface area contributed by atoms with Crippen LogP contribution in [0.4, 0.5) is 0 Å². The van der Waals surface area contributed by atoms with Crippen molar-refractivity contribution in [3.05, 3.63) is 35.4 Å². The third-order valence-corrected chi connectivity index (χ3v) is 5.25. The molecule has 2 N–H and O–H groups in total. The van der Waals surface area contributed by atoms with Gasteiger partial charge in [-0.05, 0) is 76.3 Å². The Labute approximate surface area is 158 Å². The molecule has 0 aliphatic heterocycles. The molecule has 0 saturated heterocycles. The molecule has 0 radical (unpaired) electrons. The van der Waals surface area contributed by atoms with Gasteiger partial charge in [0, 0.05) is 18.6 Å². The van der Waals surface area contributed by atoms with Crippen LogP contribution in [-0.4, -0.2) is 30.2 Å². The first-order chi connectivity index (χ1) is 12.4. The van der Waals surface area contributed by atoms with Gasteiger partial charge < -0.3 is 15.4 Å². The minimum Gasteiger partial charge on any atom is -0.459 e. The number of hydrogen-bond acceptors (Lipinski definition) is 4. The van der Waals surface area contributed by atoms with Gasteiger partial charge in [-0.15, -0.1) is 0 Å². The molecule has 4 nitrogen and oxygen atoms in total. The number of benzene rings is 1. The van der Waals surface area contributed by atoms with Gasteiger partial charge in [-0.25, -0.2) is 0 Å². The monoisotopic (exact) mass is 358 g/mol. The van der Waals surface area contributed by atoms with Gasteiger partial charge in [-0.2, -0.15) is 0 Å². The largest absolute Gasteiger partial charge is 0.459 e. The van der Waals surface area contributed by atoms with Gasteiger partial charge in [0.25, 0.3) is 0 Å². The van der Waals surface area contributed by atoms with Crippen molar-refractivity contribution < 1.29 is 9.53 Å². The number of ether oxygens (including phenoxy) is 1. The maximum Gasteiger partial charge on any atom is 0.320 e. The number of carbonyl (C=O) groups excluding carboxylic acids is 1. The molecule has 0 heterocycles. The van der Waals surface area contributed by atoms with Crippen molar-refractivity contribution in [2.24, 2.45) is 0 Å². The Bertz CT molecular complexity index is 579. The molecule has 3 rings (SSSR count). The lowest BCUT2D eigenvalue weighted by atomic mass is 9.81. The molecule has 0 aromatic heterocycles. The maximum absolute atomic E-state index is 11.7. The van der Waals surface area contributed by atoms with E-state index in [2.05, 4.69) is 34.9 Å². The maximum atomic E-state index is 11.7. The predicted molar refractivity (Wildman–Crippen MR) is 105 cm³/mol. The SMILES string of the molecule is CC(C)(C)OC(=O)CNCc1ccc([C@H]2CC[C@H](NC3CC3)CC2)cc1. The summed E-state index contributed by atoms with van der Waals surface area (Å²) in [6.07, 6.45) is 7.95. The molecule has 144 valence electrons. The number of esters is 1. The van der Waals surface area contributed by atoms with E-state index >= 15 is 0 Å². The highest BCUT2D eigenvalue weighted by Crippen LogP contribution is 2.34. The van der Waals surface area contributed by atoms with E-state index in [-0.39, 0.29) is 12.5 Å². The van der Waals surface area contributed by atoms with E-state index in [1.807, 2.05) is 20.8 Å². The number of nitrogens with one attached hydrogen (secondary N) is 2. The van der Waals surface area contributed by atoms with Crippen molar-refractivity contribution in [3.63, 3.8) is 0 Å². The van der Waals surface area contributed by atoms with Gasteiger partial charge in [0.1, 0.15) is 5.60 Å². The molecule has 2 aliphatic rings. The standard InChI is InChI=1S/C22H34N2O2/c1-22(2,3)26-21(25)15-23-14-16-4-6-17(7-5-16)18-8-10-19(11-9-18)24-20-12-13-20/h4-7,18-20,23-24H,8-15H2,1-3H3/t18-,19-. The first-order valence-corrected chi connectivity index (χ1v) is 10.2. The molecular weight excluding hydrogens is 324 g/mol. The molecule has 0 bridgehead atoms. The lowest BCUT2D eigenvalue weighted by Crippen LogP contribution is -2.34. The minimum atomic E-state index is -0.423. The highest BCUT2D eigenvalue weighted by molar-refractivity contribution is 5.72. The van der Waals surface area contributed by atoms with Crippen LogP contribution < -0.4 is 10.6 Å². The predicted octanol–water partition coefficient (Wildman–Crippen LogP) is 3.90. The molecular formula is C22H34N2O2. The first-order valence-electron chi connectivity index (χ1n) is 10.2. The van der Waals surface area contributed by atoms with Crippen molar-refractivity contribution in [1.29, 1.82) is 0 Å². The van der Waals surface area contributed by atoms with Crippen molar-refractivity contribution in [1.82, 2.24) is 10.6 Å². The molecule has 1 aromatic carbocycles. The van der Waals surface area contributed by atoms with Gasteiger partial charge in [-0.1, -0.05) is 24.3 Å². The molecule has 2 saturated carbocycles. The summed E-state index contributed by atoms with van der Waals surface area (Å²) in [5.41, 5.74) is 2.25. The van der Waals surface area contributed by atoms with Crippen molar-refractivity contribution in [2.45, 2.75) is 89.4 Å². The quantitative estimate of drug-likeness (QED) is 0.726. The summed E-state index contributed by atoms with van der Waals surface area (Å²) >= 11 is 0. The zero-order chi connectivity index (χ0) is 18.6. The Hall–Kier alpha value is -1.39. The summed E-state index contributed by atoms with van der Waals surface area (Å²) in [7, 11) is 0. The van der Waals surface area contributed by atoms with Crippen LogP contribution in [0.5, 0.6) is 0 Å². The van der Waals surface area contributed by atoms with Crippen molar-refractivity contribution >= 4 is 5.97 Å². The second kappa shape index (κ2) is 8.53. The van der Waals surface area contributed by atoms with Gasteiger partial charge in [-0.3, -0.25) is 4.79 Å². The molecule has 1 aromatic rings. The highest BCUT2D eigenvalue weighted by atomic mass is 16.6. The molecule has 0 atom stereocenters. The van der Waals surface area contributed by atoms with Crippen LogP contribution in [0, 0.1) is 0 Å². The van der Waals surface area contributed by atoms with Crippen LogP contribution in [0.15, 0.2) is 24.3 Å². The summed E-state index contributed by atoms with van der Waals surface area (Å²) in [6, 6.07) is 10.5. The van der Waals surface area contributed by atoms with Gasteiger partial charge >= 0.3 is 5.97 Å². The second-order valence-electron chi connectivity index (χ2n) is 8.92. The molecule has 2 fully saturated rings. The third kappa shape index (κ3) is 6.40. The molecule has 0 unspecified atom stereocenters. The lowest BCUT2D eigenvalue weighted by Gasteiger charge is -2.29. The number of rotatable bonds is 7. The van der Waals surface area contributed by atoms with Gasteiger partial charge in [0.05, 0.1) is 6.54 Å². The molecule has 0 amide bonds. The van der Waals surface area contributed by atoms with E-state index in [9.17, 15) is 4.79 Å². The van der Waals surface area contributed by atoms with Crippen LogP contribution in [0.2, 0.25) is 0 Å². The normalized spacial score (nSPS) is 23.7. The fourth-order valence-corrected chi connectivity index (χ4v) is 3.77. The van der Waals surface area contributed by atoms with Crippen LogP contribution in [0.3, 0.4) is 0 Å². The number of hydrogen-bond donors (Lipinski definition) is 2. The van der Waals surface area contributed by atoms with Crippen LogP contribution >= 0.6 is 0 Å². The Morgan fingerprint density at radius 3 is 2.12 bits per heavy atom. The fourth-order valence-electron chi connectivity index (χ4n) is 3.77. The zero-order valence-electron chi connectivity index (χ0n) is 16.5. The van der Waals surface area contributed by atoms with Crippen LogP contribution in [0.1, 0.15) is 76.3 Å². The summed E-state index contributed by atoms with van der Waals surface area (Å²) in [4.78, 5) is 11.7. The van der Waals surface area contributed by atoms with E-state index in [0.717, 1.165) is 12.1 Å². The van der Waals surface area contributed by atoms with Crippen molar-refractivity contribution in [2.75, 3.05) is 6.54 Å².